The number of aliphatic hydroxyl groups is 1. The van der Waals surface area contributed by atoms with Gasteiger partial charge in [0.25, 0.3) is 0 Å². The van der Waals surface area contributed by atoms with E-state index in [-0.39, 0.29) is 0 Å². The van der Waals surface area contributed by atoms with Crippen molar-refractivity contribution in [3.63, 3.8) is 0 Å². The molecule has 0 bridgehead atoms. The van der Waals surface area contributed by atoms with Gasteiger partial charge in [-0.05, 0) is 0 Å². The van der Waals surface area contributed by atoms with Crippen molar-refractivity contribution in [2.75, 3.05) is 0 Å². The van der Waals surface area contributed by atoms with Crippen LogP contribution < -0.4 is 0 Å². The minimum absolute atomic E-state index is 7.39. The lowest BCUT2D eigenvalue weighted by Crippen LogP contribution is -2.79. The maximum absolute atomic E-state index is 13.5. The Hall–Kier alpha value is -1.51. The molecule has 0 spiro atoms. The molecular weight excluding hydrogens is 535 g/mol. The van der Waals surface area contributed by atoms with Crippen LogP contribution in [0, 0.1) is 5.41 Å². The van der Waals surface area contributed by atoms with Crippen LogP contribution in [0.15, 0.2) is 0 Å². The smallest absolute Gasteiger partial charge is 0.331 e. The molecule has 0 aliphatic rings. The van der Waals surface area contributed by atoms with Crippen molar-refractivity contribution in [2.24, 2.45) is 5.41 Å². The molecule has 0 saturated carbocycles. The molecule has 1 nitrogen and oxygen atoms in total. The summed E-state index contributed by atoms with van der Waals surface area (Å²) in [5, 5.41) is 7.39. The third kappa shape index (κ3) is 3.41. The van der Waals surface area contributed by atoms with E-state index in [1.54, 1.807) is 0 Å². The Morgan fingerprint density at radius 3 is 0.656 bits per heavy atom. The molecule has 0 aromatic carbocycles. The van der Waals surface area contributed by atoms with Crippen LogP contribution >= 0.6 is 0 Å². The molecule has 0 radical (unpaired) electrons. The van der Waals surface area contributed by atoms with Gasteiger partial charge in [-0.25, -0.2) is 0 Å². The van der Waals surface area contributed by atoms with Crippen LogP contribution in [-0.2, 0) is 0 Å². The van der Waals surface area contributed by atoms with Crippen molar-refractivity contribution in [3.8, 4) is 0 Å². The average Bonchev–Trinajstić information content (AvgIpc) is 2.39. The summed E-state index contributed by atoms with van der Waals surface area (Å²) in [6.07, 6.45) is -34.0. The SMILES string of the molecule is OC(F)(F)C(F)(F)C(F)(F)C(F)(F)C(F)(F)C(F)(F)C(C(F)(F)F)(C(F)(F)F)C(F)(F)F. The van der Waals surface area contributed by atoms with Crippen LogP contribution in [0.4, 0.5) is 92.2 Å². The maximum Gasteiger partial charge on any atom is 0.423 e. The van der Waals surface area contributed by atoms with Crippen LogP contribution in [0.5, 0.6) is 0 Å². The van der Waals surface area contributed by atoms with E-state index in [2.05, 4.69) is 0 Å². The van der Waals surface area contributed by atoms with E-state index in [1.165, 1.54) is 0 Å². The second-order valence-corrected chi connectivity index (χ2v) is 5.66. The van der Waals surface area contributed by atoms with Gasteiger partial charge < -0.3 is 5.11 Å². The first-order chi connectivity index (χ1) is 13.2. The van der Waals surface area contributed by atoms with E-state index in [9.17, 15) is 92.2 Å². The third-order valence-electron chi connectivity index (χ3n) is 3.70. The van der Waals surface area contributed by atoms with Gasteiger partial charge in [0.05, 0.1) is 0 Å². The molecule has 0 amide bonds. The Balaban J connectivity index is 7.57. The maximum atomic E-state index is 13.5. The van der Waals surface area contributed by atoms with Crippen molar-refractivity contribution in [1.29, 1.82) is 0 Å². The minimum Gasteiger partial charge on any atom is -0.331 e. The quantitative estimate of drug-likeness (QED) is 0.389. The normalized spacial score (nSPS) is 17.1. The first-order valence-corrected chi connectivity index (χ1v) is 6.44. The highest BCUT2D eigenvalue weighted by molar-refractivity contribution is 5.19. The van der Waals surface area contributed by atoms with Gasteiger partial charge >= 0.3 is 59.7 Å². The summed E-state index contributed by atoms with van der Waals surface area (Å²) in [5.74, 6) is -45.5. The molecule has 0 unspecified atom stereocenters. The van der Waals surface area contributed by atoms with Crippen LogP contribution in [0.2, 0.25) is 0 Å². The number of hydrogen-bond acceptors (Lipinski definition) is 1. The molecule has 0 aromatic heterocycles. The average molecular weight is 536 g/mol. The summed E-state index contributed by atoms with van der Waals surface area (Å²) < 4.78 is 268. The predicted octanol–water partition coefficient (Wildman–Crippen LogP) is 6.42. The number of alkyl halides is 21. The summed E-state index contributed by atoms with van der Waals surface area (Å²) in [4.78, 5) is 0. The summed E-state index contributed by atoms with van der Waals surface area (Å²) in [6, 6.07) is 0. The summed E-state index contributed by atoms with van der Waals surface area (Å²) in [7, 11) is 0. The summed E-state index contributed by atoms with van der Waals surface area (Å²) in [6.45, 7) is 0. The number of hydrogen-bond donors (Lipinski definition) is 1. The van der Waals surface area contributed by atoms with E-state index in [0.717, 1.165) is 0 Å². The topological polar surface area (TPSA) is 20.2 Å². The van der Waals surface area contributed by atoms with Crippen molar-refractivity contribution >= 4 is 0 Å². The molecular formula is C10HF21O. The van der Waals surface area contributed by atoms with Gasteiger partial charge in [-0.15, -0.1) is 0 Å². The van der Waals surface area contributed by atoms with Crippen LogP contribution in [0.3, 0.4) is 0 Å². The van der Waals surface area contributed by atoms with Crippen molar-refractivity contribution in [1.82, 2.24) is 0 Å². The fourth-order valence-electron chi connectivity index (χ4n) is 2.03. The molecule has 0 heterocycles. The van der Waals surface area contributed by atoms with Crippen LogP contribution in [0.25, 0.3) is 0 Å². The minimum atomic E-state index is -9.55. The molecule has 0 fully saturated rings. The molecule has 0 aliphatic carbocycles. The zero-order valence-electron chi connectivity index (χ0n) is 13.4. The first kappa shape index (κ1) is 30.5. The van der Waals surface area contributed by atoms with Gasteiger partial charge in [0.1, 0.15) is 0 Å². The fraction of sp³-hybridized carbons (Fsp3) is 1.00. The lowest BCUT2D eigenvalue weighted by Gasteiger charge is -2.48. The van der Waals surface area contributed by atoms with Gasteiger partial charge in [-0.3, -0.25) is 0 Å². The Morgan fingerprint density at radius 1 is 0.281 bits per heavy atom. The van der Waals surface area contributed by atoms with Gasteiger partial charge in [0.15, 0.2) is 0 Å². The first-order valence-electron chi connectivity index (χ1n) is 6.44. The van der Waals surface area contributed by atoms with E-state index < -0.39 is 59.7 Å². The molecule has 0 rings (SSSR count). The monoisotopic (exact) mass is 536 g/mol. The molecule has 0 aromatic rings. The number of rotatable bonds is 6. The summed E-state index contributed by atoms with van der Waals surface area (Å²) >= 11 is 0. The highest BCUT2D eigenvalue weighted by Gasteiger charge is 3.02. The molecule has 22 heteroatoms. The Labute approximate surface area is 158 Å². The highest BCUT2D eigenvalue weighted by Crippen LogP contribution is 2.72. The predicted molar refractivity (Wildman–Crippen MR) is 52.5 cm³/mol. The molecule has 0 aliphatic heterocycles. The zero-order valence-corrected chi connectivity index (χ0v) is 13.4. The van der Waals surface area contributed by atoms with E-state index in [1.807, 2.05) is 0 Å². The fourth-order valence-corrected chi connectivity index (χ4v) is 2.03. The second kappa shape index (κ2) is 7.00. The number of halogens is 21. The zero-order chi connectivity index (χ0) is 27.0. The molecule has 0 atom stereocenters. The van der Waals surface area contributed by atoms with Crippen molar-refractivity contribution < 1.29 is 97.3 Å². The van der Waals surface area contributed by atoms with Gasteiger partial charge in [-0.2, -0.15) is 92.2 Å². The molecule has 1 N–H and O–H groups in total. The van der Waals surface area contributed by atoms with Crippen molar-refractivity contribution in [2.45, 2.75) is 54.3 Å². The van der Waals surface area contributed by atoms with Crippen molar-refractivity contribution in [3.05, 3.63) is 0 Å². The van der Waals surface area contributed by atoms with Gasteiger partial charge in [0, 0.05) is 0 Å². The Morgan fingerprint density at radius 2 is 0.469 bits per heavy atom. The largest absolute Gasteiger partial charge is 0.423 e. The lowest BCUT2D eigenvalue weighted by atomic mass is 9.73. The van der Waals surface area contributed by atoms with E-state index >= 15 is 0 Å². The van der Waals surface area contributed by atoms with E-state index in [0.29, 0.717) is 0 Å². The lowest BCUT2D eigenvalue weighted by molar-refractivity contribution is -0.521. The van der Waals surface area contributed by atoms with Gasteiger partial charge in [-0.1, -0.05) is 0 Å². The van der Waals surface area contributed by atoms with Gasteiger partial charge in [0.2, 0.25) is 0 Å². The van der Waals surface area contributed by atoms with Crippen LogP contribution in [0.1, 0.15) is 0 Å². The Bertz CT molecular complexity index is 647. The summed E-state index contributed by atoms with van der Waals surface area (Å²) in [5.41, 5.74) is -9.32. The standard InChI is InChI=1S/C10HF21O/c11-2(12,1(7(21,22)23,8(24,25)26)9(27,28)29)3(13,14)4(15,16)5(17,18)6(19,20)10(30,31)32/h32H. The molecule has 0 saturated heterocycles. The molecule has 32 heavy (non-hydrogen) atoms. The van der Waals surface area contributed by atoms with E-state index in [4.69, 9.17) is 5.11 Å². The Kier molecular flexibility index (Phi) is 6.67. The van der Waals surface area contributed by atoms with Crippen LogP contribution in [-0.4, -0.2) is 59.4 Å². The third-order valence-corrected chi connectivity index (χ3v) is 3.70. The highest BCUT2D eigenvalue weighted by atomic mass is 19.4. The molecule has 194 valence electrons. The second-order valence-electron chi connectivity index (χ2n) is 5.66.